The van der Waals surface area contributed by atoms with Crippen molar-refractivity contribution in [1.29, 1.82) is 0 Å². The summed E-state index contributed by atoms with van der Waals surface area (Å²) >= 11 is 22.6. The molecule has 0 fully saturated rings. The predicted molar refractivity (Wildman–Crippen MR) is 121 cm³/mol. The second-order valence-corrected chi connectivity index (χ2v) is 7.20. The van der Waals surface area contributed by atoms with Gasteiger partial charge in [0.2, 0.25) is 0 Å². The molecule has 2 N–H and O–H groups in total. The number of halogens is 2. The molecule has 138 valence electrons. The van der Waals surface area contributed by atoms with Crippen molar-refractivity contribution < 1.29 is 0 Å². The van der Waals surface area contributed by atoms with E-state index in [-0.39, 0.29) is 0 Å². The van der Waals surface area contributed by atoms with Crippen LogP contribution < -0.4 is 15.5 Å². The Balaban J connectivity index is 1.64. The molecule has 0 radical (unpaired) electrons. The molecule has 0 aliphatic heterocycles. The summed E-state index contributed by atoms with van der Waals surface area (Å²) in [5.74, 6) is 0.654. The van der Waals surface area contributed by atoms with Gasteiger partial charge in [-0.2, -0.15) is 0 Å². The topological polar surface area (TPSA) is 45.1 Å². The van der Waals surface area contributed by atoms with E-state index in [9.17, 15) is 0 Å². The summed E-state index contributed by atoms with van der Waals surface area (Å²) in [6.45, 7) is 0. The highest BCUT2D eigenvalue weighted by Gasteiger charge is 2.12. The van der Waals surface area contributed by atoms with E-state index in [1.807, 2.05) is 37.4 Å². The minimum atomic E-state index is 0.438. The van der Waals surface area contributed by atoms with E-state index in [0.29, 0.717) is 26.1 Å². The van der Waals surface area contributed by atoms with Crippen LogP contribution in [0.15, 0.2) is 60.8 Å². The van der Waals surface area contributed by atoms with Crippen molar-refractivity contribution in [2.45, 2.75) is 0 Å². The molecule has 1 heterocycles. The zero-order chi connectivity index (χ0) is 19.4. The molecular weight excluding hydrogens is 421 g/mol. The van der Waals surface area contributed by atoms with Gasteiger partial charge >= 0.3 is 0 Å². The lowest BCUT2D eigenvalue weighted by molar-refractivity contribution is 0.937. The largest absolute Gasteiger partial charge is 0.332 e. The van der Waals surface area contributed by atoms with Gasteiger partial charge in [0.05, 0.1) is 0 Å². The third kappa shape index (κ3) is 5.17. The number of thiocarbonyl (C=S) groups is 2. The van der Waals surface area contributed by atoms with Crippen LogP contribution in [0.4, 0.5) is 17.2 Å². The van der Waals surface area contributed by atoms with Gasteiger partial charge in [-0.25, -0.2) is 4.68 Å². The molecule has 27 heavy (non-hydrogen) atoms. The Morgan fingerprint density at radius 1 is 0.889 bits per heavy atom. The van der Waals surface area contributed by atoms with Crippen molar-refractivity contribution in [1.82, 2.24) is 9.78 Å². The fraction of sp³-hybridized carbons (Fsp3) is 0.0556. The lowest BCUT2D eigenvalue weighted by Gasteiger charge is -2.18. The van der Waals surface area contributed by atoms with Crippen LogP contribution in [0.25, 0.3) is 0 Å². The van der Waals surface area contributed by atoms with E-state index in [0.717, 1.165) is 11.4 Å². The number of nitrogens with one attached hydrogen (secondary N) is 2. The fourth-order valence-corrected chi connectivity index (χ4v) is 2.85. The number of anilines is 3. The summed E-state index contributed by atoms with van der Waals surface area (Å²) in [4.78, 5) is 1.76. The van der Waals surface area contributed by atoms with Gasteiger partial charge < -0.3 is 15.5 Å². The first-order valence-electron chi connectivity index (χ1n) is 7.85. The van der Waals surface area contributed by atoms with E-state index < -0.39 is 0 Å². The molecule has 0 saturated heterocycles. The van der Waals surface area contributed by atoms with Crippen LogP contribution in [0.5, 0.6) is 0 Å². The van der Waals surface area contributed by atoms with Crippen LogP contribution in [-0.2, 0) is 0 Å². The first kappa shape index (κ1) is 19.6. The van der Waals surface area contributed by atoms with Gasteiger partial charge in [0.15, 0.2) is 16.0 Å². The number of rotatable bonds is 3. The molecule has 0 bridgehead atoms. The number of benzene rings is 2. The molecule has 0 aliphatic carbocycles. The lowest BCUT2D eigenvalue weighted by Crippen LogP contribution is -2.31. The highest BCUT2D eigenvalue weighted by molar-refractivity contribution is 7.81. The van der Waals surface area contributed by atoms with Crippen LogP contribution in [-0.4, -0.2) is 27.1 Å². The quantitative estimate of drug-likeness (QED) is 0.546. The van der Waals surface area contributed by atoms with E-state index in [2.05, 4.69) is 15.7 Å². The molecule has 1 aromatic heterocycles. The molecule has 5 nitrogen and oxygen atoms in total. The molecule has 0 atom stereocenters. The summed E-state index contributed by atoms with van der Waals surface area (Å²) in [7, 11) is 1.83. The normalized spacial score (nSPS) is 10.3. The molecule has 9 heteroatoms. The van der Waals surface area contributed by atoms with Gasteiger partial charge in [-0.15, -0.1) is 5.10 Å². The van der Waals surface area contributed by atoms with Crippen molar-refractivity contribution in [3.05, 3.63) is 70.8 Å². The summed E-state index contributed by atoms with van der Waals surface area (Å²) < 4.78 is 1.57. The summed E-state index contributed by atoms with van der Waals surface area (Å²) in [5.41, 5.74) is 1.67. The number of hydrogen-bond donors (Lipinski definition) is 2. The Labute approximate surface area is 177 Å². The highest BCUT2D eigenvalue weighted by Crippen LogP contribution is 2.17. The van der Waals surface area contributed by atoms with Crippen LogP contribution in [0.3, 0.4) is 0 Å². The van der Waals surface area contributed by atoms with E-state index in [4.69, 9.17) is 47.6 Å². The molecular formula is C18H15Cl2N5S2. The summed E-state index contributed by atoms with van der Waals surface area (Å²) in [5, 5.41) is 13.0. The Kier molecular flexibility index (Phi) is 6.28. The van der Waals surface area contributed by atoms with Crippen molar-refractivity contribution in [3.63, 3.8) is 0 Å². The third-order valence-electron chi connectivity index (χ3n) is 3.62. The van der Waals surface area contributed by atoms with E-state index >= 15 is 0 Å². The molecule has 3 aromatic rings. The monoisotopic (exact) mass is 435 g/mol. The maximum atomic E-state index is 5.90. The van der Waals surface area contributed by atoms with Gasteiger partial charge in [0.1, 0.15) is 0 Å². The molecule has 0 unspecified atom stereocenters. The standard InChI is InChI=1S/C18H15Cl2N5S2/c1-24(17(26)21-14-6-2-12(19)3-7-14)16-10-11-25(23-16)18(27)22-15-8-4-13(20)5-9-15/h2-11H,1H3,(H,21,26)(H,22,27). The SMILES string of the molecule is CN(C(=S)Nc1ccc(Cl)cc1)c1ccn(C(=S)Nc2ccc(Cl)cc2)n1. The Morgan fingerprint density at radius 3 is 1.96 bits per heavy atom. The Hall–Kier alpha value is -2.19. The van der Waals surface area contributed by atoms with Crippen molar-refractivity contribution >= 4 is 75.1 Å². The van der Waals surface area contributed by atoms with Gasteiger partial charge in [0, 0.05) is 40.7 Å². The van der Waals surface area contributed by atoms with E-state index in [1.54, 1.807) is 40.0 Å². The average molecular weight is 436 g/mol. The second-order valence-electron chi connectivity index (χ2n) is 5.55. The number of aromatic nitrogens is 2. The summed E-state index contributed by atoms with van der Waals surface area (Å²) in [6.07, 6.45) is 1.77. The second kappa shape index (κ2) is 8.67. The molecule has 0 saturated carbocycles. The first-order valence-corrected chi connectivity index (χ1v) is 9.42. The van der Waals surface area contributed by atoms with Crippen LogP contribution >= 0.6 is 47.6 Å². The maximum Gasteiger partial charge on any atom is 0.198 e. The van der Waals surface area contributed by atoms with Gasteiger partial charge in [-0.3, -0.25) is 0 Å². The predicted octanol–water partition coefficient (Wildman–Crippen LogP) is 5.27. The molecule has 0 amide bonds. The fourth-order valence-electron chi connectivity index (χ4n) is 2.16. The maximum absolute atomic E-state index is 5.90. The minimum Gasteiger partial charge on any atom is -0.332 e. The first-order chi connectivity index (χ1) is 12.9. The van der Waals surface area contributed by atoms with Crippen molar-refractivity contribution in [3.8, 4) is 0 Å². The molecule has 2 aromatic carbocycles. The molecule has 0 aliphatic rings. The highest BCUT2D eigenvalue weighted by atomic mass is 35.5. The van der Waals surface area contributed by atoms with Gasteiger partial charge in [-0.1, -0.05) is 23.2 Å². The zero-order valence-corrected chi connectivity index (χ0v) is 17.3. The Bertz CT molecular complexity index is 955. The average Bonchev–Trinajstić information content (AvgIpc) is 3.15. The van der Waals surface area contributed by atoms with Crippen LogP contribution in [0, 0.1) is 0 Å². The van der Waals surface area contributed by atoms with Crippen LogP contribution in [0.2, 0.25) is 10.0 Å². The van der Waals surface area contributed by atoms with Gasteiger partial charge in [0.25, 0.3) is 0 Å². The van der Waals surface area contributed by atoms with Crippen molar-refractivity contribution in [2.75, 3.05) is 22.6 Å². The lowest BCUT2D eigenvalue weighted by atomic mass is 10.3. The number of nitrogens with zero attached hydrogens (tertiary/aromatic N) is 3. The number of hydrogen-bond acceptors (Lipinski definition) is 3. The smallest absolute Gasteiger partial charge is 0.198 e. The molecule has 0 spiro atoms. The van der Waals surface area contributed by atoms with Gasteiger partial charge in [-0.05, 0) is 73.0 Å². The third-order valence-corrected chi connectivity index (χ3v) is 4.79. The summed E-state index contributed by atoms with van der Waals surface area (Å²) in [6, 6.07) is 16.4. The minimum absolute atomic E-state index is 0.438. The van der Waals surface area contributed by atoms with E-state index in [1.165, 1.54) is 0 Å². The zero-order valence-electron chi connectivity index (χ0n) is 14.2. The van der Waals surface area contributed by atoms with Crippen molar-refractivity contribution in [2.24, 2.45) is 0 Å². The molecule has 3 rings (SSSR count). The Morgan fingerprint density at radius 2 is 1.41 bits per heavy atom. The van der Waals surface area contributed by atoms with Crippen LogP contribution in [0.1, 0.15) is 0 Å².